The van der Waals surface area contributed by atoms with Gasteiger partial charge in [0.25, 0.3) is 0 Å². The summed E-state index contributed by atoms with van der Waals surface area (Å²) in [4.78, 5) is 25.6. The summed E-state index contributed by atoms with van der Waals surface area (Å²) in [5.41, 5.74) is 1.42. The molecule has 0 fully saturated rings. The summed E-state index contributed by atoms with van der Waals surface area (Å²) in [6, 6.07) is 18.2. The molecule has 2 aromatic carbocycles. The first-order valence-corrected chi connectivity index (χ1v) is 16.0. The van der Waals surface area contributed by atoms with Crippen molar-refractivity contribution in [1.29, 1.82) is 0 Å². The van der Waals surface area contributed by atoms with Gasteiger partial charge in [-0.05, 0) is 78.1 Å². The van der Waals surface area contributed by atoms with Crippen LogP contribution in [0.4, 0.5) is 0 Å². The Bertz CT molecular complexity index is 1190. The van der Waals surface area contributed by atoms with E-state index < -0.39 is 5.97 Å². The van der Waals surface area contributed by atoms with Gasteiger partial charge in [0.15, 0.2) is 5.78 Å². The lowest BCUT2D eigenvalue weighted by molar-refractivity contribution is -0.128. The molecule has 0 radical (unpaired) electrons. The minimum atomic E-state index is -0.478. The van der Waals surface area contributed by atoms with Crippen molar-refractivity contribution in [3.8, 4) is 11.5 Å². The van der Waals surface area contributed by atoms with Gasteiger partial charge in [-0.15, -0.1) is 11.3 Å². The Morgan fingerprint density at radius 2 is 1.29 bits per heavy atom. The maximum absolute atomic E-state index is 12.3. The van der Waals surface area contributed by atoms with Crippen LogP contribution in [0.5, 0.6) is 11.5 Å². The summed E-state index contributed by atoms with van der Waals surface area (Å²) in [6.45, 7) is 3.00. The van der Waals surface area contributed by atoms with E-state index in [1.165, 1.54) is 76.7 Å². The van der Waals surface area contributed by atoms with Gasteiger partial charge in [0.2, 0.25) is 0 Å². The number of allylic oxidation sites excluding steroid dienone is 1. The van der Waals surface area contributed by atoms with Gasteiger partial charge in [-0.2, -0.15) is 0 Å². The molecule has 0 saturated carbocycles. The second-order valence-electron chi connectivity index (χ2n) is 10.3. The monoisotopic (exact) mass is 572 g/mol. The van der Waals surface area contributed by atoms with Crippen molar-refractivity contribution in [2.75, 3.05) is 6.61 Å². The Kier molecular flexibility index (Phi) is 15.3. The Hall–Kier alpha value is -3.44. The normalized spacial score (nSPS) is 11.3. The lowest BCUT2D eigenvalue weighted by Crippen LogP contribution is -2.04. The van der Waals surface area contributed by atoms with E-state index in [2.05, 4.69) is 6.92 Å². The highest BCUT2D eigenvalue weighted by Gasteiger charge is 2.05. The van der Waals surface area contributed by atoms with Crippen LogP contribution in [0, 0.1) is 0 Å². The molecule has 3 rings (SSSR count). The molecule has 0 unspecified atom stereocenters. The van der Waals surface area contributed by atoms with Crippen molar-refractivity contribution in [3.63, 3.8) is 0 Å². The molecular weight excluding hydrogens is 528 g/mol. The number of benzene rings is 2. The fourth-order valence-corrected chi connectivity index (χ4v) is 5.07. The first kappa shape index (κ1) is 32.1. The Balaban J connectivity index is 1.27. The number of ketones is 1. The van der Waals surface area contributed by atoms with E-state index in [1.54, 1.807) is 53.8 Å². The molecule has 0 aliphatic heterocycles. The summed E-state index contributed by atoms with van der Waals surface area (Å²) in [5.74, 6) is 0.652. The number of carbonyl (C=O) groups is 2. The number of carbonyl (C=O) groups excluding carboxylic acids is 2. The second kappa shape index (κ2) is 19.6. The predicted molar refractivity (Wildman–Crippen MR) is 172 cm³/mol. The summed E-state index contributed by atoms with van der Waals surface area (Å²) >= 11 is 1.57. The minimum Gasteiger partial charge on any atom is -0.494 e. The molecule has 5 heteroatoms. The molecule has 3 aromatic rings. The highest BCUT2D eigenvalue weighted by Crippen LogP contribution is 2.17. The van der Waals surface area contributed by atoms with E-state index in [9.17, 15) is 9.59 Å². The van der Waals surface area contributed by atoms with Crippen LogP contribution in [-0.2, 0) is 4.79 Å². The molecule has 41 heavy (non-hydrogen) atoms. The van der Waals surface area contributed by atoms with Crippen molar-refractivity contribution in [1.82, 2.24) is 0 Å². The lowest BCUT2D eigenvalue weighted by atomic mass is 10.1. The molecule has 0 amide bonds. The maximum atomic E-state index is 12.3. The summed E-state index contributed by atoms with van der Waals surface area (Å²) < 4.78 is 11.2. The van der Waals surface area contributed by atoms with E-state index in [-0.39, 0.29) is 5.78 Å². The minimum absolute atomic E-state index is 0.0994. The quantitative estimate of drug-likeness (QED) is 0.0444. The standard InChI is InChI=1S/C36H44O4S/c1-2-3-4-5-6-7-8-9-10-11-12-13-28-39-32-21-16-30(17-22-32)18-27-36(38)40-33-23-19-31(20-24-33)35(37)26-25-34-15-14-29-41-34/h14-27,29H,2-13,28H2,1H3/b26-25+,27-18+. The van der Waals surface area contributed by atoms with Crippen molar-refractivity contribution < 1.29 is 19.1 Å². The number of hydrogen-bond donors (Lipinski definition) is 0. The van der Waals surface area contributed by atoms with Crippen LogP contribution in [0.3, 0.4) is 0 Å². The van der Waals surface area contributed by atoms with E-state index in [4.69, 9.17) is 9.47 Å². The number of hydrogen-bond acceptors (Lipinski definition) is 5. The first-order chi connectivity index (χ1) is 20.1. The second-order valence-corrected chi connectivity index (χ2v) is 11.3. The average molecular weight is 573 g/mol. The summed E-state index contributed by atoms with van der Waals surface area (Å²) in [7, 11) is 0. The van der Waals surface area contributed by atoms with E-state index in [1.807, 2.05) is 41.8 Å². The van der Waals surface area contributed by atoms with Crippen molar-refractivity contribution in [3.05, 3.63) is 94.2 Å². The van der Waals surface area contributed by atoms with Gasteiger partial charge in [-0.25, -0.2) is 4.79 Å². The molecule has 0 atom stereocenters. The molecule has 0 bridgehead atoms. The summed E-state index contributed by atoms with van der Waals surface area (Å²) in [5, 5.41) is 1.96. The molecular formula is C36H44O4S. The number of thiophene rings is 1. The van der Waals surface area contributed by atoms with Crippen LogP contribution in [0.25, 0.3) is 12.2 Å². The van der Waals surface area contributed by atoms with Gasteiger partial charge in [0, 0.05) is 16.5 Å². The molecule has 0 N–H and O–H groups in total. The van der Waals surface area contributed by atoms with Crippen molar-refractivity contribution in [2.24, 2.45) is 0 Å². The van der Waals surface area contributed by atoms with Crippen LogP contribution in [0.2, 0.25) is 0 Å². The van der Waals surface area contributed by atoms with Gasteiger partial charge in [-0.3, -0.25) is 4.79 Å². The van der Waals surface area contributed by atoms with E-state index in [0.717, 1.165) is 29.2 Å². The summed E-state index contributed by atoms with van der Waals surface area (Å²) in [6.07, 6.45) is 22.4. The van der Waals surface area contributed by atoms with Crippen LogP contribution in [0.1, 0.15) is 105 Å². The van der Waals surface area contributed by atoms with Crippen LogP contribution in [0.15, 0.2) is 78.2 Å². The fourth-order valence-electron chi connectivity index (χ4n) is 4.45. The number of unbranched alkanes of at least 4 members (excludes halogenated alkanes) is 11. The Morgan fingerprint density at radius 1 is 0.683 bits per heavy atom. The highest BCUT2D eigenvalue weighted by molar-refractivity contribution is 7.10. The lowest BCUT2D eigenvalue weighted by Gasteiger charge is -2.07. The number of ether oxygens (including phenoxy) is 2. The zero-order valence-electron chi connectivity index (χ0n) is 24.4. The SMILES string of the molecule is CCCCCCCCCCCCCCOc1ccc(/C=C/C(=O)Oc2ccc(C(=O)/C=C/c3cccs3)cc2)cc1. The van der Waals surface area contributed by atoms with Gasteiger partial charge in [-0.1, -0.05) is 95.8 Å². The van der Waals surface area contributed by atoms with Gasteiger partial charge in [0.05, 0.1) is 6.61 Å². The average Bonchev–Trinajstić information content (AvgIpc) is 3.52. The third-order valence-corrected chi connectivity index (χ3v) is 7.70. The molecule has 0 aliphatic rings. The highest BCUT2D eigenvalue weighted by atomic mass is 32.1. The smallest absolute Gasteiger partial charge is 0.336 e. The molecule has 1 aromatic heterocycles. The van der Waals surface area contributed by atoms with Crippen LogP contribution < -0.4 is 9.47 Å². The molecule has 1 heterocycles. The fraction of sp³-hybridized carbons (Fsp3) is 0.389. The number of esters is 1. The molecule has 4 nitrogen and oxygen atoms in total. The van der Waals surface area contributed by atoms with E-state index in [0.29, 0.717) is 11.3 Å². The maximum Gasteiger partial charge on any atom is 0.336 e. The first-order valence-electron chi connectivity index (χ1n) is 15.1. The predicted octanol–water partition coefficient (Wildman–Crippen LogP) is 10.3. The van der Waals surface area contributed by atoms with E-state index >= 15 is 0 Å². The molecule has 218 valence electrons. The zero-order chi connectivity index (χ0) is 29.0. The Morgan fingerprint density at radius 3 is 1.90 bits per heavy atom. The zero-order valence-corrected chi connectivity index (χ0v) is 25.2. The molecule has 0 spiro atoms. The van der Waals surface area contributed by atoms with Crippen molar-refractivity contribution >= 4 is 35.2 Å². The van der Waals surface area contributed by atoms with Gasteiger partial charge < -0.3 is 9.47 Å². The third kappa shape index (κ3) is 13.7. The topological polar surface area (TPSA) is 52.6 Å². The molecule has 0 aliphatic carbocycles. The van der Waals surface area contributed by atoms with Gasteiger partial charge in [0.1, 0.15) is 11.5 Å². The van der Waals surface area contributed by atoms with Gasteiger partial charge >= 0.3 is 5.97 Å². The van der Waals surface area contributed by atoms with Crippen LogP contribution >= 0.6 is 11.3 Å². The molecule has 0 saturated heterocycles. The van der Waals surface area contributed by atoms with Crippen LogP contribution in [-0.4, -0.2) is 18.4 Å². The Labute approximate surface area is 250 Å². The largest absolute Gasteiger partial charge is 0.494 e. The van der Waals surface area contributed by atoms with Crippen molar-refractivity contribution in [2.45, 2.75) is 84.0 Å². The third-order valence-electron chi connectivity index (χ3n) is 6.86. The number of rotatable bonds is 20.